The van der Waals surface area contributed by atoms with E-state index >= 15 is 0 Å². The van der Waals surface area contributed by atoms with Gasteiger partial charge in [-0.05, 0) is 56.0 Å². The van der Waals surface area contributed by atoms with E-state index in [9.17, 15) is 4.79 Å². The summed E-state index contributed by atoms with van der Waals surface area (Å²) in [7, 11) is 0. The van der Waals surface area contributed by atoms with Crippen LogP contribution in [0.1, 0.15) is 56.1 Å². The van der Waals surface area contributed by atoms with Gasteiger partial charge in [-0.15, -0.1) is 0 Å². The lowest BCUT2D eigenvalue weighted by molar-refractivity contribution is 0.0932. The van der Waals surface area contributed by atoms with Crippen LogP contribution in [-0.4, -0.2) is 12.0 Å². The molecular formula is C21H27NO2. The van der Waals surface area contributed by atoms with Crippen molar-refractivity contribution < 1.29 is 9.53 Å². The zero-order chi connectivity index (χ0) is 17.5. The second-order valence-electron chi connectivity index (χ2n) is 6.76. The molecule has 0 saturated heterocycles. The maximum atomic E-state index is 12.6. The first-order valence-electron chi connectivity index (χ1n) is 8.58. The summed E-state index contributed by atoms with van der Waals surface area (Å²) >= 11 is 0. The molecule has 1 N–H and O–H groups in total. The summed E-state index contributed by atoms with van der Waals surface area (Å²) in [5.41, 5.74) is 1.79. The molecule has 0 spiro atoms. The largest absolute Gasteiger partial charge is 0.491 e. The lowest BCUT2D eigenvalue weighted by Crippen LogP contribution is -2.29. The van der Waals surface area contributed by atoms with Crippen molar-refractivity contribution in [2.24, 2.45) is 5.92 Å². The Morgan fingerprint density at radius 3 is 2.12 bits per heavy atom. The minimum Gasteiger partial charge on any atom is -0.491 e. The summed E-state index contributed by atoms with van der Waals surface area (Å²) in [6, 6.07) is 17.5. The van der Waals surface area contributed by atoms with Gasteiger partial charge in [0, 0.05) is 5.56 Å². The highest BCUT2D eigenvalue weighted by Gasteiger charge is 2.17. The van der Waals surface area contributed by atoms with Gasteiger partial charge < -0.3 is 10.1 Å². The van der Waals surface area contributed by atoms with Crippen molar-refractivity contribution in [3.63, 3.8) is 0 Å². The molecule has 0 unspecified atom stereocenters. The molecule has 0 heterocycles. The zero-order valence-electron chi connectivity index (χ0n) is 15.0. The summed E-state index contributed by atoms with van der Waals surface area (Å²) < 4.78 is 5.62. The van der Waals surface area contributed by atoms with E-state index in [1.54, 1.807) is 0 Å². The van der Waals surface area contributed by atoms with E-state index in [1.807, 2.05) is 56.3 Å². The van der Waals surface area contributed by atoms with Crippen LogP contribution < -0.4 is 10.1 Å². The average Bonchev–Trinajstić information content (AvgIpc) is 2.54. The van der Waals surface area contributed by atoms with Crippen molar-refractivity contribution in [3.05, 3.63) is 65.7 Å². The predicted molar refractivity (Wildman–Crippen MR) is 98.3 cm³/mol. The smallest absolute Gasteiger partial charge is 0.251 e. The zero-order valence-corrected chi connectivity index (χ0v) is 15.0. The number of rotatable bonds is 7. The number of benzene rings is 2. The second-order valence-corrected chi connectivity index (χ2v) is 6.76. The molecule has 2 aromatic carbocycles. The molecule has 0 fully saturated rings. The fourth-order valence-electron chi connectivity index (χ4n) is 2.63. The van der Waals surface area contributed by atoms with E-state index in [1.165, 1.54) is 0 Å². The van der Waals surface area contributed by atoms with Gasteiger partial charge in [-0.2, -0.15) is 0 Å². The van der Waals surface area contributed by atoms with Crippen LogP contribution >= 0.6 is 0 Å². The highest BCUT2D eigenvalue weighted by molar-refractivity contribution is 5.94. The number of hydrogen-bond acceptors (Lipinski definition) is 2. The number of hydrogen-bond donors (Lipinski definition) is 1. The predicted octanol–water partition coefficient (Wildman–Crippen LogP) is 4.99. The molecule has 0 aliphatic heterocycles. The molecule has 1 atom stereocenters. The Labute approximate surface area is 145 Å². The minimum absolute atomic E-state index is 0.0188. The fraction of sp³-hybridized carbons (Fsp3) is 0.381. The van der Waals surface area contributed by atoms with Gasteiger partial charge >= 0.3 is 0 Å². The van der Waals surface area contributed by atoms with Gasteiger partial charge in [0.15, 0.2) is 0 Å². The number of ether oxygens (including phenoxy) is 1. The summed E-state index contributed by atoms with van der Waals surface area (Å²) in [5.74, 6) is 1.22. The molecule has 0 aliphatic carbocycles. The Hall–Kier alpha value is -2.29. The molecule has 0 aromatic heterocycles. The van der Waals surface area contributed by atoms with Crippen molar-refractivity contribution in [3.8, 4) is 5.75 Å². The summed E-state index contributed by atoms with van der Waals surface area (Å²) in [5, 5.41) is 3.16. The Kier molecular flexibility index (Phi) is 6.42. The molecule has 3 heteroatoms. The van der Waals surface area contributed by atoms with Crippen LogP contribution in [0.5, 0.6) is 5.75 Å². The number of carbonyl (C=O) groups excluding carboxylic acids is 1. The van der Waals surface area contributed by atoms with Gasteiger partial charge in [0.05, 0.1) is 12.1 Å². The molecule has 2 aromatic rings. The fourth-order valence-corrected chi connectivity index (χ4v) is 2.63. The first-order valence-corrected chi connectivity index (χ1v) is 8.58. The topological polar surface area (TPSA) is 38.3 Å². The average molecular weight is 325 g/mol. The van der Waals surface area contributed by atoms with Crippen LogP contribution in [0.15, 0.2) is 54.6 Å². The van der Waals surface area contributed by atoms with Crippen LogP contribution in [0.4, 0.5) is 0 Å². The Bertz CT molecular complexity index is 633. The maximum Gasteiger partial charge on any atom is 0.251 e. The van der Waals surface area contributed by atoms with Crippen LogP contribution in [-0.2, 0) is 0 Å². The summed E-state index contributed by atoms with van der Waals surface area (Å²) in [6.45, 7) is 8.30. The summed E-state index contributed by atoms with van der Waals surface area (Å²) in [6.07, 6.45) is 1.03. The van der Waals surface area contributed by atoms with Gasteiger partial charge in [0.25, 0.3) is 5.91 Å². The standard InChI is InChI=1S/C21H27NO2/c1-15(2)14-20(17-8-6-5-7-9-17)22-21(23)18-10-12-19(13-11-18)24-16(3)4/h5-13,15-16,20H,14H2,1-4H3,(H,22,23)/t20-/m1/s1. The van der Waals surface area contributed by atoms with Gasteiger partial charge in [-0.3, -0.25) is 4.79 Å². The number of amides is 1. The number of nitrogens with one attached hydrogen (secondary N) is 1. The monoisotopic (exact) mass is 325 g/mol. The van der Waals surface area contributed by atoms with Crippen molar-refractivity contribution in [2.45, 2.75) is 46.3 Å². The van der Waals surface area contributed by atoms with E-state index < -0.39 is 0 Å². The molecule has 3 nitrogen and oxygen atoms in total. The van der Waals surface area contributed by atoms with Crippen LogP contribution in [0.25, 0.3) is 0 Å². The van der Waals surface area contributed by atoms with E-state index in [2.05, 4.69) is 31.3 Å². The third-order valence-electron chi connectivity index (χ3n) is 3.70. The Balaban J connectivity index is 2.09. The van der Waals surface area contributed by atoms with Gasteiger partial charge in [0.2, 0.25) is 0 Å². The van der Waals surface area contributed by atoms with Gasteiger partial charge in [0.1, 0.15) is 5.75 Å². The van der Waals surface area contributed by atoms with Gasteiger partial charge in [-0.25, -0.2) is 0 Å². The minimum atomic E-state index is -0.0550. The lowest BCUT2D eigenvalue weighted by Gasteiger charge is -2.21. The first kappa shape index (κ1) is 18.1. The SMILES string of the molecule is CC(C)C[C@@H](NC(=O)c1ccc(OC(C)C)cc1)c1ccccc1. The van der Waals surface area contributed by atoms with E-state index in [0.717, 1.165) is 17.7 Å². The Morgan fingerprint density at radius 2 is 1.58 bits per heavy atom. The van der Waals surface area contributed by atoms with Crippen LogP contribution in [0, 0.1) is 5.92 Å². The number of carbonyl (C=O) groups is 1. The molecule has 2 rings (SSSR count). The van der Waals surface area contributed by atoms with Crippen molar-refractivity contribution in [1.29, 1.82) is 0 Å². The molecule has 0 radical (unpaired) electrons. The first-order chi connectivity index (χ1) is 11.5. The molecule has 0 saturated carbocycles. The van der Waals surface area contributed by atoms with Crippen molar-refractivity contribution in [2.75, 3.05) is 0 Å². The van der Waals surface area contributed by atoms with E-state index in [0.29, 0.717) is 11.5 Å². The third-order valence-corrected chi connectivity index (χ3v) is 3.70. The van der Waals surface area contributed by atoms with Crippen LogP contribution in [0.3, 0.4) is 0 Å². The Morgan fingerprint density at radius 1 is 0.958 bits per heavy atom. The van der Waals surface area contributed by atoms with E-state index in [-0.39, 0.29) is 18.1 Å². The molecule has 0 aliphatic rings. The molecule has 1 amide bonds. The quantitative estimate of drug-likeness (QED) is 0.778. The normalized spacial score (nSPS) is 12.2. The molecule has 0 bridgehead atoms. The second kappa shape index (κ2) is 8.53. The van der Waals surface area contributed by atoms with Gasteiger partial charge in [-0.1, -0.05) is 44.2 Å². The van der Waals surface area contributed by atoms with Crippen molar-refractivity contribution >= 4 is 5.91 Å². The lowest BCUT2D eigenvalue weighted by atomic mass is 9.96. The molecule has 128 valence electrons. The highest BCUT2D eigenvalue weighted by atomic mass is 16.5. The molecule has 24 heavy (non-hydrogen) atoms. The van der Waals surface area contributed by atoms with Crippen molar-refractivity contribution in [1.82, 2.24) is 5.32 Å². The summed E-state index contributed by atoms with van der Waals surface area (Å²) in [4.78, 5) is 12.6. The van der Waals surface area contributed by atoms with E-state index in [4.69, 9.17) is 4.74 Å². The molecular weight excluding hydrogens is 298 g/mol. The maximum absolute atomic E-state index is 12.6. The van der Waals surface area contributed by atoms with Crippen LogP contribution in [0.2, 0.25) is 0 Å². The third kappa shape index (κ3) is 5.41. The highest BCUT2D eigenvalue weighted by Crippen LogP contribution is 2.22.